The van der Waals surface area contributed by atoms with Gasteiger partial charge in [0.05, 0.1) is 0 Å². The van der Waals surface area contributed by atoms with Crippen LogP contribution in [0.5, 0.6) is 0 Å². The lowest BCUT2D eigenvalue weighted by Gasteiger charge is -2.17. The highest BCUT2D eigenvalue weighted by atomic mass is 16.1. The normalized spacial score (nSPS) is 12.9. The second-order valence-corrected chi connectivity index (χ2v) is 4.34. The van der Waals surface area contributed by atoms with Crippen molar-refractivity contribution in [3.05, 3.63) is 66.1 Å². The maximum Gasteiger partial charge on any atom is 0.253 e. The zero-order valence-electron chi connectivity index (χ0n) is 10.3. The molecule has 1 aromatic heterocycles. The lowest BCUT2D eigenvalue weighted by atomic mass is 10.0. The van der Waals surface area contributed by atoms with Gasteiger partial charge < -0.3 is 10.6 Å². The predicted octanol–water partition coefficient (Wildman–Crippen LogP) is 2.57. The molecule has 0 saturated heterocycles. The number of benzene rings is 1. The fourth-order valence-electron chi connectivity index (χ4n) is 2.03. The number of pyridine rings is 1. The number of hydrogen-bond donors (Lipinski definition) is 2. The van der Waals surface area contributed by atoms with Gasteiger partial charge in [-0.3, -0.25) is 9.78 Å². The van der Waals surface area contributed by atoms with Crippen molar-refractivity contribution in [2.75, 3.05) is 10.6 Å². The standard InChI is InChI=1S/C15H13N3O/c19-15(18-13-5-7-16-8-6-13)12-9-11-3-1-2-4-14(11)17-10-12/h1-8,10,17H,9H2,(H,16,18,19). The lowest BCUT2D eigenvalue weighted by Crippen LogP contribution is -2.19. The summed E-state index contributed by atoms with van der Waals surface area (Å²) in [6.07, 6.45) is 5.70. The van der Waals surface area contributed by atoms with E-state index >= 15 is 0 Å². The summed E-state index contributed by atoms with van der Waals surface area (Å²) in [5.41, 5.74) is 3.66. The number of nitrogens with zero attached hydrogens (tertiary/aromatic N) is 1. The Morgan fingerprint density at radius 2 is 1.95 bits per heavy atom. The molecule has 0 spiro atoms. The molecule has 3 rings (SSSR count). The van der Waals surface area contributed by atoms with E-state index in [1.165, 1.54) is 0 Å². The molecule has 1 aliphatic heterocycles. The SMILES string of the molecule is O=C(Nc1ccncc1)C1=CNc2ccccc2C1. The van der Waals surface area contributed by atoms with E-state index in [4.69, 9.17) is 0 Å². The Labute approximate surface area is 111 Å². The maximum atomic E-state index is 12.1. The van der Waals surface area contributed by atoms with Crippen LogP contribution >= 0.6 is 0 Å². The van der Waals surface area contributed by atoms with Crippen molar-refractivity contribution in [2.45, 2.75) is 6.42 Å². The van der Waals surface area contributed by atoms with Gasteiger partial charge in [-0.1, -0.05) is 18.2 Å². The number of aromatic nitrogens is 1. The third-order valence-corrected chi connectivity index (χ3v) is 3.03. The number of carbonyl (C=O) groups excluding carboxylic acids is 1. The summed E-state index contributed by atoms with van der Waals surface area (Å²) in [6, 6.07) is 11.5. The number of hydrogen-bond acceptors (Lipinski definition) is 3. The zero-order valence-corrected chi connectivity index (χ0v) is 10.3. The van der Waals surface area contributed by atoms with E-state index in [0.29, 0.717) is 6.42 Å². The average molecular weight is 251 g/mol. The molecule has 19 heavy (non-hydrogen) atoms. The molecule has 1 amide bonds. The van der Waals surface area contributed by atoms with Gasteiger partial charge in [0.15, 0.2) is 0 Å². The van der Waals surface area contributed by atoms with Gasteiger partial charge in [0.2, 0.25) is 0 Å². The highest BCUT2D eigenvalue weighted by Gasteiger charge is 2.16. The molecule has 0 fully saturated rings. The van der Waals surface area contributed by atoms with Crippen LogP contribution in [-0.4, -0.2) is 10.9 Å². The highest BCUT2D eigenvalue weighted by Crippen LogP contribution is 2.23. The van der Waals surface area contributed by atoms with Crippen molar-refractivity contribution in [1.29, 1.82) is 0 Å². The Hall–Kier alpha value is -2.62. The van der Waals surface area contributed by atoms with E-state index in [2.05, 4.69) is 15.6 Å². The van der Waals surface area contributed by atoms with E-state index in [9.17, 15) is 4.79 Å². The van der Waals surface area contributed by atoms with Crippen LogP contribution in [-0.2, 0) is 11.2 Å². The Morgan fingerprint density at radius 1 is 1.16 bits per heavy atom. The summed E-state index contributed by atoms with van der Waals surface area (Å²) in [4.78, 5) is 16.1. The minimum Gasteiger partial charge on any atom is -0.361 e. The van der Waals surface area contributed by atoms with Crippen LogP contribution in [0.1, 0.15) is 5.56 Å². The smallest absolute Gasteiger partial charge is 0.253 e. The summed E-state index contributed by atoms with van der Waals surface area (Å²) in [5.74, 6) is -0.0896. The van der Waals surface area contributed by atoms with Crippen LogP contribution in [0.3, 0.4) is 0 Å². The molecular formula is C15H13N3O. The molecule has 4 nitrogen and oxygen atoms in total. The number of rotatable bonds is 2. The van der Waals surface area contributed by atoms with Crippen LogP contribution in [0.4, 0.5) is 11.4 Å². The van der Waals surface area contributed by atoms with Gasteiger partial charge in [-0.05, 0) is 23.8 Å². The van der Waals surface area contributed by atoms with Gasteiger partial charge in [-0.15, -0.1) is 0 Å². The molecule has 0 aliphatic carbocycles. The number of fused-ring (bicyclic) bond motifs is 1. The average Bonchev–Trinajstić information content (AvgIpc) is 2.48. The second kappa shape index (κ2) is 4.94. The van der Waals surface area contributed by atoms with Crippen LogP contribution in [0.2, 0.25) is 0 Å². The van der Waals surface area contributed by atoms with Crippen LogP contribution in [0, 0.1) is 0 Å². The van der Waals surface area contributed by atoms with Gasteiger partial charge in [-0.25, -0.2) is 0 Å². The van der Waals surface area contributed by atoms with Gasteiger partial charge in [0.25, 0.3) is 5.91 Å². The van der Waals surface area contributed by atoms with Crippen LogP contribution in [0.15, 0.2) is 60.6 Å². The molecule has 1 aliphatic rings. The number of nitrogens with one attached hydrogen (secondary N) is 2. The number of para-hydroxylation sites is 1. The van der Waals surface area contributed by atoms with Gasteiger partial charge >= 0.3 is 0 Å². The van der Waals surface area contributed by atoms with Gasteiger partial charge in [0.1, 0.15) is 0 Å². The summed E-state index contributed by atoms with van der Waals surface area (Å²) in [5, 5.41) is 6.00. The Kier molecular flexibility index (Phi) is 2.98. The van der Waals surface area contributed by atoms with E-state index in [-0.39, 0.29) is 5.91 Å². The summed E-state index contributed by atoms with van der Waals surface area (Å²) >= 11 is 0. The van der Waals surface area contributed by atoms with Gasteiger partial charge in [-0.2, -0.15) is 0 Å². The minimum atomic E-state index is -0.0896. The molecule has 94 valence electrons. The Bertz CT molecular complexity index is 635. The van der Waals surface area contributed by atoms with Crippen molar-refractivity contribution in [2.24, 2.45) is 0 Å². The third-order valence-electron chi connectivity index (χ3n) is 3.03. The molecule has 2 N–H and O–H groups in total. The van der Waals surface area contributed by atoms with E-state index in [1.54, 1.807) is 30.7 Å². The summed E-state index contributed by atoms with van der Waals surface area (Å²) < 4.78 is 0. The molecule has 2 aromatic rings. The van der Waals surface area contributed by atoms with E-state index in [0.717, 1.165) is 22.5 Å². The second-order valence-electron chi connectivity index (χ2n) is 4.34. The Balaban J connectivity index is 1.74. The first-order valence-corrected chi connectivity index (χ1v) is 6.08. The molecule has 0 bridgehead atoms. The molecule has 0 saturated carbocycles. The molecule has 0 radical (unpaired) electrons. The zero-order chi connectivity index (χ0) is 13.1. The van der Waals surface area contributed by atoms with Crippen molar-refractivity contribution in [3.8, 4) is 0 Å². The fraction of sp³-hybridized carbons (Fsp3) is 0.0667. The largest absolute Gasteiger partial charge is 0.361 e. The van der Waals surface area contributed by atoms with Crippen molar-refractivity contribution in [3.63, 3.8) is 0 Å². The molecule has 4 heteroatoms. The van der Waals surface area contributed by atoms with Crippen molar-refractivity contribution in [1.82, 2.24) is 4.98 Å². The first-order valence-electron chi connectivity index (χ1n) is 6.08. The molecular weight excluding hydrogens is 238 g/mol. The minimum absolute atomic E-state index is 0.0896. The number of carbonyl (C=O) groups is 1. The van der Waals surface area contributed by atoms with Gasteiger partial charge in [0, 0.05) is 42.0 Å². The van der Waals surface area contributed by atoms with Crippen LogP contribution < -0.4 is 10.6 Å². The fourth-order valence-corrected chi connectivity index (χ4v) is 2.03. The Morgan fingerprint density at radius 3 is 2.79 bits per heavy atom. The molecule has 0 unspecified atom stereocenters. The molecule has 2 heterocycles. The van der Waals surface area contributed by atoms with E-state index in [1.807, 2.05) is 24.3 Å². The third kappa shape index (κ3) is 2.47. The summed E-state index contributed by atoms with van der Waals surface area (Å²) in [7, 11) is 0. The van der Waals surface area contributed by atoms with Crippen molar-refractivity contribution < 1.29 is 4.79 Å². The monoisotopic (exact) mass is 251 g/mol. The summed E-state index contributed by atoms with van der Waals surface area (Å²) in [6.45, 7) is 0. The lowest BCUT2D eigenvalue weighted by molar-refractivity contribution is -0.112. The molecule has 1 aromatic carbocycles. The number of amides is 1. The molecule has 0 atom stereocenters. The van der Waals surface area contributed by atoms with Crippen molar-refractivity contribution >= 4 is 17.3 Å². The first-order chi connectivity index (χ1) is 9.33. The van der Waals surface area contributed by atoms with E-state index < -0.39 is 0 Å². The first kappa shape index (κ1) is 11.5. The van der Waals surface area contributed by atoms with Crippen LogP contribution in [0.25, 0.3) is 0 Å². The predicted molar refractivity (Wildman–Crippen MR) is 74.7 cm³/mol. The maximum absolute atomic E-state index is 12.1. The number of anilines is 2. The quantitative estimate of drug-likeness (QED) is 0.862. The highest BCUT2D eigenvalue weighted by molar-refractivity contribution is 6.04. The topological polar surface area (TPSA) is 54.0 Å².